The summed E-state index contributed by atoms with van der Waals surface area (Å²) in [5.41, 5.74) is 0.852. The van der Waals surface area contributed by atoms with Crippen molar-refractivity contribution in [2.24, 2.45) is 0 Å². The first-order valence-electron chi connectivity index (χ1n) is 9.35. The number of carbonyl (C=O) groups excluding carboxylic acids is 1. The molecule has 3 rings (SSSR count). The first kappa shape index (κ1) is 19.5. The first-order chi connectivity index (χ1) is 12.4. The van der Waals surface area contributed by atoms with Gasteiger partial charge in [-0.2, -0.15) is 0 Å². The summed E-state index contributed by atoms with van der Waals surface area (Å²) in [6.45, 7) is 7.85. The number of amides is 1. The van der Waals surface area contributed by atoms with Crippen LogP contribution in [0.2, 0.25) is 0 Å². The van der Waals surface area contributed by atoms with Gasteiger partial charge in [0.15, 0.2) is 5.13 Å². The summed E-state index contributed by atoms with van der Waals surface area (Å²) in [6, 6.07) is 0. The van der Waals surface area contributed by atoms with E-state index in [1.807, 2.05) is 6.92 Å². The van der Waals surface area contributed by atoms with Crippen LogP contribution in [-0.4, -0.2) is 93.3 Å². The summed E-state index contributed by atoms with van der Waals surface area (Å²) < 4.78 is 5.40. The van der Waals surface area contributed by atoms with Crippen molar-refractivity contribution in [1.82, 2.24) is 20.1 Å². The molecular weight excluding hydrogens is 350 g/mol. The summed E-state index contributed by atoms with van der Waals surface area (Å²) in [4.78, 5) is 25.0. The maximum atomic E-state index is 12.8. The Kier molecular flexibility index (Phi) is 6.17. The van der Waals surface area contributed by atoms with Crippen molar-refractivity contribution in [3.8, 4) is 0 Å². The molecule has 2 saturated heterocycles. The van der Waals surface area contributed by atoms with Gasteiger partial charge in [-0.15, -0.1) is 0 Å². The molecule has 1 aromatic heterocycles. The predicted molar refractivity (Wildman–Crippen MR) is 105 cm³/mol. The molecule has 2 aliphatic rings. The third-order valence-electron chi connectivity index (χ3n) is 5.72. The third kappa shape index (κ3) is 4.19. The van der Waals surface area contributed by atoms with Crippen LogP contribution in [0.1, 0.15) is 28.2 Å². The molecule has 1 aromatic rings. The van der Waals surface area contributed by atoms with Crippen LogP contribution in [0.25, 0.3) is 0 Å². The summed E-state index contributed by atoms with van der Waals surface area (Å²) in [7, 11) is 6.39. The number of likely N-dealkylation sites (tertiary alicyclic amines) is 1. The molecule has 0 aromatic carbocycles. The number of rotatable bonds is 5. The molecule has 26 heavy (non-hydrogen) atoms. The van der Waals surface area contributed by atoms with Gasteiger partial charge in [-0.1, -0.05) is 11.3 Å². The first-order valence-corrected chi connectivity index (χ1v) is 10.2. The van der Waals surface area contributed by atoms with Crippen molar-refractivity contribution >= 4 is 22.4 Å². The smallest absolute Gasteiger partial charge is 0.263 e. The number of carbonyl (C=O) groups is 1. The molecule has 0 aliphatic carbocycles. The van der Waals surface area contributed by atoms with Gasteiger partial charge in [-0.25, -0.2) is 4.98 Å². The fourth-order valence-electron chi connectivity index (χ4n) is 3.62. The van der Waals surface area contributed by atoms with E-state index in [0.29, 0.717) is 6.54 Å². The largest absolute Gasteiger partial charge is 0.378 e. The SMILES string of the molecule is Cc1nc(N2CCOCC2)sc1C(=O)NCC1(N(C)C)CCN(C)CC1. The van der Waals surface area contributed by atoms with E-state index < -0.39 is 0 Å². The van der Waals surface area contributed by atoms with Gasteiger partial charge in [0.1, 0.15) is 4.88 Å². The maximum absolute atomic E-state index is 12.8. The van der Waals surface area contributed by atoms with Crippen LogP contribution >= 0.6 is 11.3 Å². The molecule has 0 spiro atoms. The van der Waals surface area contributed by atoms with Crippen LogP contribution in [0.4, 0.5) is 5.13 Å². The zero-order valence-corrected chi connectivity index (χ0v) is 17.2. The Balaban J connectivity index is 1.65. The van der Waals surface area contributed by atoms with E-state index in [-0.39, 0.29) is 11.4 Å². The number of likely N-dealkylation sites (N-methyl/N-ethyl adjacent to an activating group) is 1. The molecule has 2 fully saturated rings. The van der Waals surface area contributed by atoms with Gasteiger partial charge in [-0.3, -0.25) is 4.79 Å². The Morgan fingerprint density at radius 1 is 1.27 bits per heavy atom. The minimum atomic E-state index is -0.000312. The van der Waals surface area contributed by atoms with Crippen LogP contribution in [-0.2, 0) is 4.74 Å². The second-order valence-electron chi connectivity index (χ2n) is 7.62. The number of hydrogen-bond donors (Lipinski definition) is 1. The van der Waals surface area contributed by atoms with Crippen LogP contribution in [0, 0.1) is 6.92 Å². The number of nitrogens with zero attached hydrogens (tertiary/aromatic N) is 4. The van der Waals surface area contributed by atoms with E-state index in [9.17, 15) is 4.79 Å². The van der Waals surface area contributed by atoms with Gasteiger partial charge >= 0.3 is 0 Å². The molecule has 0 bridgehead atoms. The average molecular weight is 382 g/mol. The van der Waals surface area contributed by atoms with Crippen LogP contribution in [0.3, 0.4) is 0 Å². The van der Waals surface area contributed by atoms with Crippen LogP contribution in [0.5, 0.6) is 0 Å². The van der Waals surface area contributed by atoms with Gasteiger partial charge in [-0.05, 0) is 54.0 Å². The van der Waals surface area contributed by atoms with E-state index in [4.69, 9.17) is 4.74 Å². The molecular formula is C18H31N5O2S. The highest BCUT2D eigenvalue weighted by molar-refractivity contribution is 7.17. The molecule has 0 atom stereocenters. The Morgan fingerprint density at radius 3 is 2.54 bits per heavy atom. The number of hydrogen-bond acceptors (Lipinski definition) is 7. The lowest BCUT2D eigenvalue weighted by molar-refractivity contribution is 0.0613. The Morgan fingerprint density at radius 2 is 1.92 bits per heavy atom. The number of nitrogens with one attached hydrogen (secondary N) is 1. The minimum absolute atomic E-state index is 0.000312. The Labute approximate surface area is 160 Å². The van der Waals surface area contributed by atoms with E-state index in [0.717, 1.165) is 67.9 Å². The molecule has 8 heteroatoms. The molecule has 2 aliphatic heterocycles. The molecule has 3 heterocycles. The fraction of sp³-hybridized carbons (Fsp3) is 0.778. The quantitative estimate of drug-likeness (QED) is 0.823. The van der Waals surface area contributed by atoms with Crippen molar-refractivity contribution in [1.29, 1.82) is 0 Å². The van der Waals surface area contributed by atoms with Crippen LogP contribution in [0.15, 0.2) is 0 Å². The lowest BCUT2D eigenvalue weighted by atomic mass is 9.86. The maximum Gasteiger partial charge on any atom is 0.263 e. The average Bonchev–Trinajstić information content (AvgIpc) is 3.04. The van der Waals surface area contributed by atoms with Gasteiger partial charge in [0.2, 0.25) is 0 Å². The van der Waals surface area contributed by atoms with Crippen molar-refractivity contribution in [3.63, 3.8) is 0 Å². The summed E-state index contributed by atoms with van der Waals surface area (Å²) in [5, 5.41) is 4.12. The number of morpholine rings is 1. The lowest BCUT2D eigenvalue weighted by Gasteiger charge is -2.45. The predicted octanol–water partition coefficient (Wildman–Crippen LogP) is 1.04. The number of aromatic nitrogens is 1. The normalized spacial score (nSPS) is 21.2. The standard InChI is InChI=1S/C18H31N5O2S/c1-14-15(26-17(20-14)23-9-11-25-12-10-23)16(24)19-13-18(21(2)3)5-7-22(4)8-6-18/h5-13H2,1-4H3,(H,19,24). The zero-order valence-electron chi connectivity index (χ0n) is 16.4. The minimum Gasteiger partial charge on any atom is -0.378 e. The fourth-order valence-corrected chi connectivity index (χ4v) is 4.66. The molecule has 1 N–H and O–H groups in total. The highest BCUT2D eigenvalue weighted by Crippen LogP contribution is 2.28. The summed E-state index contributed by atoms with van der Waals surface area (Å²) in [5.74, 6) is -0.000312. The van der Waals surface area contributed by atoms with Crippen molar-refractivity contribution in [2.45, 2.75) is 25.3 Å². The van der Waals surface area contributed by atoms with Gasteiger partial charge < -0.3 is 24.8 Å². The van der Waals surface area contributed by atoms with E-state index >= 15 is 0 Å². The van der Waals surface area contributed by atoms with Gasteiger partial charge in [0.25, 0.3) is 5.91 Å². The second-order valence-corrected chi connectivity index (χ2v) is 8.59. The van der Waals surface area contributed by atoms with Gasteiger partial charge in [0, 0.05) is 25.2 Å². The third-order valence-corrected chi connectivity index (χ3v) is 6.93. The molecule has 1 amide bonds. The van der Waals surface area contributed by atoms with E-state index in [1.54, 1.807) is 0 Å². The number of anilines is 1. The van der Waals surface area contributed by atoms with Crippen molar-refractivity contribution < 1.29 is 9.53 Å². The van der Waals surface area contributed by atoms with Crippen LogP contribution < -0.4 is 10.2 Å². The molecule has 0 saturated carbocycles. The highest BCUT2D eigenvalue weighted by atomic mass is 32.1. The summed E-state index contributed by atoms with van der Waals surface area (Å²) >= 11 is 1.49. The zero-order chi connectivity index (χ0) is 18.7. The molecule has 0 unspecified atom stereocenters. The van der Waals surface area contributed by atoms with Gasteiger partial charge in [0.05, 0.1) is 18.9 Å². The van der Waals surface area contributed by atoms with E-state index in [1.165, 1.54) is 11.3 Å². The Hall–Kier alpha value is -1.22. The highest BCUT2D eigenvalue weighted by Gasteiger charge is 2.36. The second kappa shape index (κ2) is 8.21. The number of ether oxygens (including phenoxy) is 1. The number of aryl methyl sites for hydroxylation is 1. The number of piperidine rings is 1. The molecule has 146 valence electrons. The monoisotopic (exact) mass is 381 g/mol. The number of thiazole rings is 1. The molecule has 7 nitrogen and oxygen atoms in total. The van der Waals surface area contributed by atoms with Crippen molar-refractivity contribution in [3.05, 3.63) is 10.6 Å². The van der Waals surface area contributed by atoms with Crippen molar-refractivity contribution in [2.75, 3.05) is 72.0 Å². The topological polar surface area (TPSA) is 60.9 Å². The Bertz CT molecular complexity index is 619. The summed E-state index contributed by atoms with van der Waals surface area (Å²) in [6.07, 6.45) is 2.13. The molecule has 0 radical (unpaired) electrons. The van der Waals surface area contributed by atoms with E-state index in [2.05, 4.69) is 46.1 Å². The lowest BCUT2D eigenvalue weighted by Crippen LogP contribution is -2.57.